The van der Waals surface area contributed by atoms with Crippen molar-refractivity contribution in [2.75, 3.05) is 37.6 Å². The number of halogens is 1. The highest BCUT2D eigenvalue weighted by Crippen LogP contribution is 2.30. The molecule has 1 heterocycles. The molecule has 1 saturated heterocycles. The van der Waals surface area contributed by atoms with Crippen LogP contribution >= 0.6 is 11.6 Å². The van der Waals surface area contributed by atoms with Crippen LogP contribution in [-0.4, -0.2) is 43.7 Å². The molecule has 1 aliphatic heterocycles. The molecule has 116 valence electrons. The van der Waals surface area contributed by atoms with Crippen molar-refractivity contribution in [3.05, 3.63) is 28.8 Å². The fourth-order valence-electron chi connectivity index (χ4n) is 3.83. The van der Waals surface area contributed by atoms with E-state index in [4.69, 9.17) is 17.3 Å². The lowest BCUT2D eigenvalue weighted by Gasteiger charge is -2.40. The van der Waals surface area contributed by atoms with Gasteiger partial charge in [0.15, 0.2) is 0 Å². The SMILES string of the molecule is NCCc1c(Cl)cccc1N1CCN(C2CCCC2)CC1. The van der Waals surface area contributed by atoms with Crippen molar-refractivity contribution in [1.29, 1.82) is 0 Å². The lowest BCUT2D eigenvalue weighted by Crippen LogP contribution is -2.50. The third-order valence-corrected chi connectivity index (χ3v) is 5.34. The van der Waals surface area contributed by atoms with E-state index < -0.39 is 0 Å². The molecule has 4 heteroatoms. The van der Waals surface area contributed by atoms with Gasteiger partial charge in [0.2, 0.25) is 0 Å². The Morgan fingerprint density at radius 1 is 1.10 bits per heavy atom. The summed E-state index contributed by atoms with van der Waals surface area (Å²) in [5.74, 6) is 0. The molecule has 2 aliphatic rings. The molecule has 0 aromatic heterocycles. The Hall–Kier alpha value is -0.770. The maximum atomic E-state index is 6.37. The first kappa shape index (κ1) is 15.1. The number of piperazine rings is 1. The smallest absolute Gasteiger partial charge is 0.0459 e. The fourth-order valence-corrected chi connectivity index (χ4v) is 4.10. The van der Waals surface area contributed by atoms with Gasteiger partial charge in [0.05, 0.1) is 0 Å². The van der Waals surface area contributed by atoms with Crippen LogP contribution in [0.15, 0.2) is 18.2 Å². The topological polar surface area (TPSA) is 32.5 Å². The van der Waals surface area contributed by atoms with Crippen molar-refractivity contribution in [3.8, 4) is 0 Å². The zero-order valence-electron chi connectivity index (χ0n) is 12.7. The highest BCUT2D eigenvalue weighted by atomic mass is 35.5. The Labute approximate surface area is 133 Å². The van der Waals surface area contributed by atoms with E-state index in [9.17, 15) is 0 Å². The molecule has 3 nitrogen and oxygen atoms in total. The quantitative estimate of drug-likeness (QED) is 0.928. The Balaban J connectivity index is 1.67. The number of hydrogen-bond acceptors (Lipinski definition) is 3. The van der Waals surface area contributed by atoms with Crippen LogP contribution in [0, 0.1) is 0 Å². The highest BCUT2D eigenvalue weighted by Gasteiger charge is 2.26. The Kier molecular flexibility index (Phi) is 5.04. The van der Waals surface area contributed by atoms with Gasteiger partial charge in [-0.05, 0) is 43.5 Å². The predicted octanol–water partition coefficient (Wildman–Crippen LogP) is 2.91. The lowest BCUT2D eigenvalue weighted by atomic mass is 10.1. The Morgan fingerprint density at radius 3 is 2.48 bits per heavy atom. The minimum absolute atomic E-state index is 0.652. The van der Waals surface area contributed by atoms with Gasteiger partial charge in [-0.25, -0.2) is 0 Å². The van der Waals surface area contributed by atoms with Crippen LogP contribution in [0.4, 0.5) is 5.69 Å². The first-order chi connectivity index (χ1) is 10.3. The summed E-state index contributed by atoms with van der Waals surface area (Å²) in [7, 11) is 0. The van der Waals surface area contributed by atoms with Crippen LogP contribution in [0.25, 0.3) is 0 Å². The molecule has 1 aliphatic carbocycles. The van der Waals surface area contributed by atoms with E-state index in [0.29, 0.717) is 6.54 Å². The Bertz CT molecular complexity index is 463. The van der Waals surface area contributed by atoms with E-state index >= 15 is 0 Å². The van der Waals surface area contributed by atoms with E-state index in [1.807, 2.05) is 6.07 Å². The van der Waals surface area contributed by atoms with Crippen LogP contribution in [0.3, 0.4) is 0 Å². The molecular weight excluding hydrogens is 282 g/mol. The largest absolute Gasteiger partial charge is 0.369 e. The molecule has 3 rings (SSSR count). The first-order valence-corrected chi connectivity index (χ1v) is 8.64. The monoisotopic (exact) mass is 307 g/mol. The standard InChI is InChI=1S/C17H26ClN3/c18-16-6-3-7-17(15(16)8-9-19)21-12-10-20(11-13-21)14-4-1-2-5-14/h3,6-7,14H,1-2,4-5,8-13,19H2. The average Bonchev–Trinajstić information content (AvgIpc) is 3.04. The number of anilines is 1. The summed E-state index contributed by atoms with van der Waals surface area (Å²) in [5, 5.41) is 0.858. The normalized spacial score (nSPS) is 21.1. The van der Waals surface area contributed by atoms with Gasteiger partial charge >= 0.3 is 0 Å². The third-order valence-electron chi connectivity index (χ3n) is 4.98. The van der Waals surface area contributed by atoms with Gasteiger partial charge in [-0.3, -0.25) is 4.90 Å². The van der Waals surface area contributed by atoms with Crippen LogP contribution in [0.1, 0.15) is 31.2 Å². The zero-order chi connectivity index (χ0) is 14.7. The number of nitrogens with zero attached hydrogens (tertiary/aromatic N) is 2. The molecule has 2 N–H and O–H groups in total. The maximum Gasteiger partial charge on any atom is 0.0459 e. The van der Waals surface area contributed by atoms with Gasteiger partial charge < -0.3 is 10.6 Å². The number of nitrogens with two attached hydrogens (primary N) is 1. The van der Waals surface area contributed by atoms with E-state index in [0.717, 1.165) is 30.6 Å². The van der Waals surface area contributed by atoms with E-state index in [2.05, 4.69) is 21.9 Å². The first-order valence-electron chi connectivity index (χ1n) is 8.26. The second kappa shape index (κ2) is 6.99. The molecule has 0 radical (unpaired) electrons. The summed E-state index contributed by atoms with van der Waals surface area (Å²) < 4.78 is 0. The van der Waals surface area contributed by atoms with Crippen LogP contribution in [-0.2, 0) is 6.42 Å². The van der Waals surface area contributed by atoms with Gasteiger partial charge in [0.25, 0.3) is 0 Å². The molecule has 1 saturated carbocycles. The van der Waals surface area contributed by atoms with Crippen molar-refractivity contribution < 1.29 is 0 Å². The summed E-state index contributed by atoms with van der Waals surface area (Å²) in [6, 6.07) is 7.07. The number of hydrogen-bond donors (Lipinski definition) is 1. The molecular formula is C17H26ClN3. The van der Waals surface area contributed by atoms with Crippen molar-refractivity contribution >= 4 is 17.3 Å². The molecule has 0 atom stereocenters. The molecule has 1 aromatic carbocycles. The summed E-state index contributed by atoms with van der Waals surface area (Å²) >= 11 is 6.37. The predicted molar refractivity (Wildman–Crippen MR) is 90.3 cm³/mol. The van der Waals surface area contributed by atoms with Gasteiger partial charge in [0.1, 0.15) is 0 Å². The zero-order valence-corrected chi connectivity index (χ0v) is 13.5. The molecule has 21 heavy (non-hydrogen) atoms. The van der Waals surface area contributed by atoms with Crippen LogP contribution in [0.5, 0.6) is 0 Å². The van der Waals surface area contributed by atoms with Gasteiger partial charge in [-0.1, -0.05) is 30.5 Å². The van der Waals surface area contributed by atoms with Crippen molar-refractivity contribution in [2.24, 2.45) is 5.73 Å². The third kappa shape index (κ3) is 3.36. The van der Waals surface area contributed by atoms with E-state index in [1.54, 1.807) is 0 Å². The minimum atomic E-state index is 0.652. The molecule has 0 amide bonds. The maximum absolute atomic E-state index is 6.37. The Morgan fingerprint density at radius 2 is 1.81 bits per heavy atom. The summed E-state index contributed by atoms with van der Waals surface area (Å²) in [6.45, 7) is 5.22. The highest BCUT2D eigenvalue weighted by molar-refractivity contribution is 6.31. The summed E-state index contributed by atoms with van der Waals surface area (Å²) in [5.41, 5.74) is 8.26. The minimum Gasteiger partial charge on any atom is -0.369 e. The fraction of sp³-hybridized carbons (Fsp3) is 0.647. The van der Waals surface area contributed by atoms with Gasteiger partial charge in [0, 0.05) is 42.9 Å². The molecule has 2 fully saturated rings. The van der Waals surface area contributed by atoms with Gasteiger partial charge in [-0.15, -0.1) is 0 Å². The number of benzene rings is 1. The van der Waals surface area contributed by atoms with Crippen LogP contribution < -0.4 is 10.6 Å². The molecule has 0 unspecified atom stereocenters. The van der Waals surface area contributed by atoms with Crippen molar-refractivity contribution in [3.63, 3.8) is 0 Å². The van der Waals surface area contributed by atoms with E-state index in [-0.39, 0.29) is 0 Å². The summed E-state index contributed by atoms with van der Waals surface area (Å²) in [4.78, 5) is 5.18. The van der Waals surface area contributed by atoms with Gasteiger partial charge in [-0.2, -0.15) is 0 Å². The van der Waals surface area contributed by atoms with Crippen molar-refractivity contribution in [1.82, 2.24) is 4.90 Å². The van der Waals surface area contributed by atoms with E-state index in [1.165, 1.54) is 50.0 Å². The lowest BCUT2D eigenvalue weighted by molar-refractivity contribution is 0.187. The van der Waals surface area contributed by atoms with Crippen molar-refractivity contribution in [2.45, 2.75) is 38.1 Å². The van der Waals surface area contributed by atoms with Crippen LogP contribution in [0.2, 0.25) is 5.02 Å². The second-order valence-electron chi connectivity index (χ2n) is 6.24. The molecule has 0 bridgehead atoms. The molecule has 0 spiro atoms. The number of rotatable bonds is 4. The molecule has 1 aromatic rings. The summed E-state index contributed by atoms with van der Waals surface area (Å²) in [6.07, 6.45) is 6.49. The second-order valence-corrected chi connectivity index (χ2v) is 6.64. The average molecular weight is 308 g/mol.